The van der Waals surface area contributed by atoms with Crippen LogP contribution in [0.1, 0.15) is 35.3 Å². The Balaban J connectivity index is 1.69. The maximum Gasteiger partial charge on any atom is 0.275 e. The van der Waals surface area contributed by atoms with E-state index in [1.807, 2.05) is 37.5 Å². The van der Waals surface area contributed by atoms with Crippen molar-refractivity contribution < 1.29 is 9.18 Å². The Labute approximate surface area is 194 Å². The molecule has 7 nitrogen and oxygen atoms in total. The van der Waals surface area contributed by atoms with Crippen molar-refractivity contribution in [1.82, 2.24) is 24.2 Å². The molecule has 1 fully saturated rings. The Morgan fingerprint density at radius 2 is 1.94 bits per heavy atom. The van der Waals surface area contributed by atoms with Crippen molar-refractivity contribution in [2.75, 3.05) is 13.1 Å². The largest absolute Gasteiger partial charge is 0.337 e. The van der Waals surface area contributed by atoms with Gasteiger partial charge < -0.3 is 4.90 Å². The first-order valence-electron chi connectivity index (χ1n) is 10.7. The maximum absolute atomic E-state index is 14.5. The third-order valence-electron chi connectivity index (χ3n) is 5.88. The Hall–Kier alpha value is -3.70. The second-order valence-corrected chi connectivity index (χ2v) is 8.47. The molecule has 0 unspecified atom stereocenters. The SMILES string of the molecule is Cn1cc2ccc(-n3c(-c4ccc(C#N)c(F)c4)nc(C(=O)N4CCCCC4)c3Cl)cc2n1. The lowest BCUT2D eigenvalue weighted by molar-refractivity contribution is 0.0719. The number of imidazole rings is 1. The van der Waals surface area contributed by atoms with E-state index in [-0.39, 0.29) is 22.3 Å². The van der Waals surface area contributed by atoms with Gasteiger partial charge in [0.05, 0.1) is 16.8 Å². The number of carbonyl (C=O) groups excluding carboxylic acids is 1. The number of carbonyl (C=O) groups is 1. The van der Waals surface area contributed by atoms with Crippen LogP contribution in [0.4, 0.5) is 4.39 Å². The minimum atomic E-state index is -0.662. The van der Waals surface area contributed by atoms with Crippen LogP contribution in [-0.4, -0.2) is 43.2 Å². The van der Waals surface area contributed by atoms with E-state index >= 15 is 0 Å². The lowest BCUT2D eigenvalue weighted by atomic mass is 10.1. The zero-order chi connectivity index (χ0) is 23.1. The van der Waals surface area contributed by atoms with Crippen LogP contribution in [0.15, 0.2) is 42.6 Å². The molecular weight excluding hydrogens is 443 g/mol. The Morgan fingerprint density at radius 1 is 1.15 bits per heavy atom. The molecule has 3 heterocycles. The first kappa shape index (κ1) is 21.2. The molecular formula is C24H20ClFN6O. The summed E-state index contributed by atoms with van der Waals surface area (Å²) in [6, 6.07) is 11.7. The summed E-state index contributed by atoms with van der Waals surface area (Å²) in [4.78, 5) is 19.6. The Morgan fingerprint density at radius 3 is 2.67 bits per heavy atom. The predicted octanol–water partition coefficient (Wildman–Crippen LogP) is 4.72. The fourth-order valence-electron chi connectivity index (χ4n) is 4.22. The smallest absolute Gasteiger partial charge is 0.275 e. The van der Waals surface area contributed by atoms with Crippen molar-refractivity contribution in [2.45, 2.75) is 19.3 Å². The second kappa shape index (κ2) is 8.34. The lowest BCUT2D eigenvalue weighted by Gasteiger charge is -2.25. The lowest BCUT2D eigenvalue weighted by Crippen LogP contribution is -2.36. The standard InChI is InChI=1S/C24H20ClFN6O/c1-30-14-17-7-8-18(12-20(17)29-30)32-22(25)21(24(33)31-9-3-2-4-10-31)28-23(32)15-5-6-16(13-27)19(26)11-15/h5-8,11-12,14H,2-4,9-10H2,1H3. The highest BCUT2D eigenvalue weighted by atomic mass is 35.5. The first-order valence-corrected chi connectivity index (χ1v) is 11.1. The van der Waals surface area contributed by atoms with Gasteiger partial charge in [-0.25, -0.2) is 9.37 Å². The van der Waals surface area contributed by atoms with Crippen molar-refractivity contribution in [3.63, 3.8) is 0 Å². The average molecular weight is 463 g/mol. The highest BCUT2D eigenvalue weighted by Crippen LogP contribution is 2.33. The number of hydrogen-bond acceptors (Lipinski definition) is 4. The first-order chi connectivity index (χ1) is 16.0. The van der Waals surface area contributed by atoms with Crippen LogP contribution in [0.3, 0.4) is 0 Å². The Kier molecular flexibility index (Phi) is 5.35. The molecule has 166 valence electrons. The molecule has 0 spiro atoms. The number of hydrogen-bond donors (Lipinski definition) is 0. The van der Waals surface area contributed by atoms with Crippen LogP contribution in [0.2, 0.25) is 5.15 Å². The number of aromatic nitrogens is 4. The number of aryl methyl sites for hydroxylation is 1. The van der Waals surface area contributed by atoms with E-state index in [2.05, 4.69) is 10.1 Å². The van der Waals surface area contributed by atoms with Gasteiger partial charge in [-0.1, -0.05) is 11.6 Å². The van der Waals surface area contributed by atoms with Gasteiger partial charge in [0, 0.05) is 37.3 Å². The van der Waals surface area contributed by atoms with Crippen molar-refractivity contribution >= 4 is 28.4 Å². The minimum Gasteiger partial charge on any atom is -0.337 e. The summed E-state index contributed by atoms with van der Waals surface area (Å²) in [7, 11) is 1.84. The zero-order valence-electron chi connectivity index (χ0n) is 17.9. The fourth-order valence-corrected chi connectivity index (χ4v) is 4.53. The van der Waals surface area contributed by atoms with E-state index in [1.165, 1.54) is 12.1 Å². The molecule has 9 heteroatoms. The van der Waals surface area contributed by atoms with Crippen molar-refractivity contribution in [2.24, 2.45) is 7.05 Å². The van der Waals surface area contributed by atoms with Gasteiger partial charge in [0.25, 0.3) is 5.91 Å². The number of nitrogens with zero attached hydrogens (tertiary/aromatic N) is 6. The summed E-state index contributed by atoms with van der Waals surface area (Å²) in [5.41, 5.74) is 1.87. The number of nitriles is 1. The molecule has 0 saturated carbocycles. The highest BCUT2D eigenvalue weighted by molar-refractivity contribution is 6.33. The van der Waals surface area contributed by atoms with E-state index in [4.69, 9.17) is 16.9 Å². The molecule has 1 amide bonds. The van der Waals surface area contributed by atoms with Crippen LogP contribution in [0.25, 0.3) is 28.0 Å². The van der Waals surface area contributed by atoms with E-state index in [0.717, 1.165) is 30.2 Å². The van der Waals surface area contributed by atoms with Crippen LogP contribution in [-0.2, 0) is 7.05 Å². The quantitative estimate of drug-likeness (QED) is 0.441. The van der Waals surface area contributed by atoms with E-state index < -0.39 is 5.82 Å². The number of halogens is 2. The van der Waals surface area contributed by atoms with Gasteiger partial charge in [0.15, 0.2) is 5.69 Å². The van der Waals surface area contributed by atoms with Crippen LogP contribution < -0.4 is 0 Å². The van der Waals surface area contributed by atoms with Gasteiger partial charge in [0.1, 0.15) is 22.9 Å². The topological polar surface area (TPSA) is 79.7 Å². The van der Waals surface area contributed by atoms with Gasteiger partial charge in [-0.3, -0.25) is 14.0 Å². The summed E-state index contributed by atoms with van der Waals surface area (Å²) in [5, 5.41) is 14.6. The molecule has 1 aliphatic rings. The highest BCUT2D eigenvalue weighted by Gasteiger charge is 2.28. The number of rotatable bonds is 3. The molecule has 5 rings (SSSR count). The molecule has 2 aromatic heterocycles. The number of likely N-dealkylation sites (tertiary alicyclic amines) is 1. The number of amides is 1. The molecule has 0 aliphatic carbocycles. The molecule has 4 aromatic rings. The molecule has 1 aliphatic heterocycles. The van der Waals surface area contributed by atoms with Crippen LogP contribution in [0.5, 0.6) is 0 Å². The van der Waals surface area contributed by atoms with Gasteiger partial charge in [-0.15, -0.1) is 0 Å². The maximum atomic E-state index is 14.5. The monoisotopic (exact) mass is 462 g/mol. The molecule has 0 atom stereocenters. The Bertz CT molecular complexity index is 1430. The molecule has 0 bridgehead atoms. The average Bonchev–Trinajstić information content (AvgIpc) is 3.37. The molecule has 0 N–H and O–H groups in total. The summed E-state index contributed by atoms with van der Waals surface area (Å²) in [5.74, 6) is -0.587. The second-order valence-electron chi connectivity index (χ2n) is 8.12. The normalized spacial score (nSPS) is 13.9. The van der Waals surface area contributed by atoms with Crippen molar-refractivity contribution in [3.8, 4) is 23.1 Å². The van der Waals surface area contributed by atoms with E-state index in [9.17, 15) is 9.18 Å². The fraction of sp³-hybridized carbons (Fsp3) is 0.250. The number of fused-ring (bicyclic) bond motifs is 1. The third kappa shape index (κ3) is 3.74. The van der Waals surface area contributed by atoms with Gasteiger partial charge in [-0.2, -0.15) is 10.4 Å². The van der Waals surface area contributed by atoms with Gasteiger partial charge in [-0.05, 0) is 55.7 Å². The number of benzene rings is 2. The minimum absolute atomic E-state index is 0.0672. The van der Waals surface area contributed by atoms with Gasteiger partial charge in [0.2, 0.25) is 0 Å². The van der Waals surface area contributed by atoms with Crippen LogP contribution >= 0.6 is 11.6 Å². The zero-order valence-corrected chi connectivity index (χ0v) is 18.7. The molecule has 2 aromatic carbocycles. The van der Waals surface area contributed by atoms with Gasteiger partial charge >= 0.3 is 0 Å². The molecule has 0 radical (unpaired) electrons. The summed E-state index contributed by atoms with van der Waals surface area (Å²) >= 11 is 6.76. The predicted molar refractivity (Wildman–Crippen MR) is 123 cm³/mol. The summed E-state index contributed by atoms with van der Waals surface area (Å²) < 4.78 is 17.8. The third-order valence-corrected chi connectivity index (χ3v) is 6.23. The van der Waals surface area contributed by atoms with Crippen LogP contribution in [0, 0.1) is 17.1 Å². The van der Waals surface area contributed by atoms with Crippen molar-refractivity contribution in [3.05, 3.63) is 64.8 Å². The summed E-state index contributed by atoms with van der Waals surface area (Å²) in [6.45, 7) is 1.31. The molecule has 1 saturated heterocycles. The molecule has 33 heavy (non-hydrogen) atoms. The van der Waals surface area contributed by atoms with Crippen molar-refractivity contribution in [1.29, 1.82) is 5.26 Å². The van der Waals surface area contributed by atoms with E-state index in [0.29, 0.717) is 30.2 Å². The van der Waals surface area contributed by atoms with E-state index in [1.54, 1.807) is 20.2 Å². The number of piperidine rings is 1. The summed E-state index contributed by atoms with van der Waals surface area (Å²) in [6.07, 6.45) is 4.87.